The highest BCUT2D eigenvalue weighted by molar-refractivity contribution is 7.30. The molecule has 0 saturated carbocycles. The van der Waals surface area contributed by atoms with E-state index in [4.69, 9.17) is 0 Å². The number of halogens is 4. The molecule has 6 heterocycles. The van der Waals surface area contributed by atoms with Gasteiger partial charge < -0.3 is 0 Å². The zero-order valence-corrected chi connectivity index (χ0v) is 27.9. The maximum absolute atomic E-state index is 15.5. The Kier molecular flexibility index (Phi) is 5.93. The van der Waals surface area contributed by atoms with E-state index in [0.717, 1.165) is 75.2 Å². The predicted octanol–water partition coefficient (Wildman–Crippen LogP) is 14.5. The van der Waals surface area contributed by atoms with Gasteiger partial charge in [0.15, 0.2) is 23.3 Å². The Morgan fingerprint density at radius 3 is 1.13 bits per heavy atom. The summed E-state index contributed by atoms with van der Waals surface area (Å²) in [5, 5.41) is 12.6. The van der Waals surface area contributed by atoms with Crippen molar-refractivity contribution in [2.45, 2.75) is 0 Å². The molecule has 0 spiro atoms. The molecule has 10 aromatic rings. The lowest BCUT2D eigenvalue weighted by molar-refractivity contribution is 0.513. The van der Waals surface area contributed by atoms with E-state index in [1.807, 2.05) is 12.1 Å². The minimum absolute atomic E-state index is 0.0851. The van der Waals surface area contributed by atoms with E-state index in [1.165, 1.54) is 32.1 Å². The molecule has 0 fully saturated rings. The van der Waals surface area contributed by atoms with Gasteiger partial charge in [-0.2, -0.15) is 0 Å². The summed E-state index contributed by atoms with van der Waals surface area (Å²) < 4.78 is 66.3. The first-order chi connectivity index (χ1) is 22.4. The maximum Gasteiger partial charge on any atom is 0.179 e. The number of hydrogen-bond acceptors (Lipinski definition) is 6. The molecule has 0 aliphatic carbocycles. The summed E-state index contributed by atoms with van der Waals surface area (Å²) in [4.78, 5) is 0.816. The summed E-state index contributed by atoms with van der Waals surface area (Å²) in [5.41, 5.74) is 0. The van der Waals surface area contributed by atoms with Gasteiger partial charge in [-0.05, 0) is 127 Å². The Hall–Kier alpha value is -3.64. The quantitative estimate of drug-likeness (QED) is 0.160. The zero-order valence-electron chi connectivity index (χ0n) is 23.0. The number of rotatable bonds is 3. The lowest BCUT2D eigenvalue weighted by Gasteiger charge is -1.99. The van der Waals surface area contributed by atoms with Gasteiger partial charge in [0.25, 0.3) is 0 Å². The Morgan fingerprint density at radius 2 is 0.696 bits per heavy atom. The summed E-state index contributed by atoms with van der Waals surface area (Å²) in [6, 6.07) is 24.7. The van der Waals surface area contributed by atoms with Crippen LogP contribution >= 0.6 is 68.0 Å². The fourth-order valence-corrected chi connectivity index (χ4v) is 12.4. The molecule has 10 rings (SSSR count). The third-order valence-corrected chi connectivity index (χ3v) is 15.1. The van der Waals surface area contributed by atoms with E-state index in [2.05, 4.69) is 71.4 Å². The molecule has 6 aromatic heterocycles. The SMILES string of the molecule is Fc1c(-c2cc3cc4cc5sccc5cc4cc3s2)sc(-c2sc(-c3cc4cc5cc6sccc6cc5cc4s3)c(F)c2F)c1F. The minimum Gasteiger partial charge on any atom is -0.202 e. The van der Waals surface area contributed by atoms with Crippen LogP contribution in [0, 0.1) is 23.3 Å². The average Bonchev–Trinajstić information content (AvgIpc) is 3.90. The maximum atomic E-state index is 15.5. The van der Waals surface area contributed by atoms with E-state index < -0.39 is 23.3 Å². The summed E-state index contributed by atoms with van der Waals surface area (Å²) in [6.45, 7) is 0. The van der Waals surface area contributed by atoms with E-state index in [-0.39, 0.29) is 19.5 Å². The molecule has 0 N–H and O–H groups in total. The Balaban J connectivity index is 1.06. The molecule has 0 nitrogen and oxygen atoms in total. The van der Waals surface area contributed by atoms with E-state index in [0.29, 0.717) is 9.75 Å². The van der Waals surface area contributed by atoms with Crippen LogP contribution in [0.2, 0.25) is 0 Å². The lowest BCUT2D eigenvalue weighted by atomic mass is 10.1. The second kappa shape index (κ2) is 9.93. The summed E-state index contributed by atoms with van der Waals surface area (Å²) >= 11 is 7.73. The molecule has 0 saturated heterocycles. The smallest absolute Gasteiger partial charge is 0.179 e. The second-order valence-electron chi connectivity index (χ2n) is 11.1. The first-order valence-corrected chi connectivity index (χ1v) is 19.1. The Labute approximate surface area is 281 Å². The van der Waals surface area contributed by atoms with E-state index >= 15 is 17.6 Å². The van der Waals surface area contributed by atoms with Crippen molar-refractivity contribution in [3.63, 3.8) is 0 Å². The van der Waals surface area contributed by atoms with Gasteiger partial charge in [0.05, 0.1) is 19.5 Å². The van der Waals surface area contributed by atoms with E-state index in [1.54, 1.807) is 22.7 Å². The van der Waals surface area contributed by atoms with Crippen LogP contribution in [0.15, 0.2) is 83.6 Å². The number of fused-ring (bicyclic) bond motifs is 6. The third kappa shape index (κ3) is 4.04. The molecule has 4 aromatic carbocycles. The summed E-state index contributed by atoms with van der Waals surface area (Å²) in [5.74, 6) is -4.39. The van der Waals surface area contributed by atoms with Crippen molar-refractivity contribution in [1.82, 2.24) is 0 Å². The van der Waals surface area contributed by atoms with Crippen molar-refractivity contribution in [2.24, 2.45) is 0 Å². The number of hydrogen-bond donors (Lipinski definition) is 0. The molecule has 0 aliphatic heterocycles. The van der Waals surface area contributed by atoms with Gasteiger partial charge in [0.2, 0.25) is 0 Å². The predicted molar refractivity (Wildman–Crippen MR) is 195 cm³/mol. The van der Waals surface area contributed by atoms with Crippen LogP contribution in [0.25, 0.3) is 91.2 Å². The first kappa shape index (κ1) is 27.5. The van der Waals surface area contributed by atoms with Crippen LogP contribution in [0.4, 0.5) is 17.6 Å². The molecule has 0 aliphatic rings. The van der Waals surface area contributed by atoms with Crippen LogP contribution in [0.3, 0.4) is 0 Å². The third-order valence-electron chi connectivity index (χ3n) is 8.34. The molecule has 0 atom stereocenters. The summed E-state index contributed by atoms with van der Waals surface area (Å²) in [7, 11) is 0. The molecule has 0 unspecified atom stereocenters. The lowest BCUT2D eigenvalue weighted by Crippen LogP contribution is -1.82. The largest absolute Gasteiger partial charge is 0.202 e. The molecular formula is C36H14F4S6. The van der Waals surface area contributed by atoms with Crippen LogP contribution < -0.4 is 0 Å². The molecule has 222 valence electrons. The fraction of sp³-hybridized carbons (Fsp3) is 0. The Bertz CT molecular complexity index is 2540. The van der Waals surface area contributed by atoms with Crippen LogP contribution in [0.1, 0.15) is 0 Å². The monoisotopic (exact) mass is 714 g/mol. The minimum atomic E-state index is -1.16. The fourth-order valence-electron chi connectivity index (χ4n) is 6.11. The summed E-state index contributed by atoms with van der Waals surface area (Å²) in [6.07, 6.45) is 0. The number of thiophene rings is 6. The standard InChI is InChI=1S/C36H14F4S6/c37-29-31(39)35(45-33(29)27-13-21-7-19-9-23-15(1-3-41-23)5-17(19)11-25(21)43-27)36-32(40)30(38)34(46-36)28-14-22-8-20-10-24-16(2-4-42-24)6-18(20)12-26(22)44-28/h1-14H. The normalized spacial score (nSPS) is 12.3. The van der Waals surface area contributed by atoms with E-state index in [9.17, 15) is 0 Å². The molecule has 10 heteroatoms. The average molecular weight is 715 g/mol. The highest BCUT2D eigenvalue weighted by atomic mass is 32.1. The number of benzene rings is 4. The van der Waals surface area contributed by atoms with Crippen LogP contribution in [0.5, 0.6) is 0 Å². The van der Waals surface area contributed by atoms with Crippen LogP contribution in [-0.4, -0.2) is 0 Å². The van der Waals surface area contributed by atoms with Gasteiger partial charge in [-0.3, -0.25) is 0 Å². The highest BCUT2D eigenvalue weighted by Gasteiger charge is 2.29. The van der Waals surface area contributed by atoms with Crippen molar-refractivity contribution in [3.8, 4) is 29.3 Å². The molecular weight excluding hydrogens is 701 g/mol. The van der Waals surface area contributed by atoms with Gasteiger partial charge in [-0.25, -0.2) is 17.6 Å². The van der Waals surface area contributed by atoms with Crippen molar-refractivity contribution in [3.05, 3.63) is 107 Å². The van der Waals surface area contributed by atoms with Gasteiger partial charge in [0.1, 0.15) is 0 Å². The van der Waals surface area contributed by atoms with Crippen molar-refractivity contribution in [2.75, 3.05) is 0 Å². The molecule has 46 heavy (non-hydrogen) atoms. The van der Waals surface area contributed by atoms with Gasteiger partial charge in [0, 0.05) is 28.6 Å². The van der Waals surface area contributed by atoms with Crippen molar-refractivity contribution < 1.29 is 17.6 Å². The highest BCUT2D eigenvalue weighted by Crippen LogP contribution is 2.50. The Morgan fingerprint density at radius 1 is 0.326 bits per heavy atom. The van der Waals surface area contributed by atoms with Gasteiger partial charge in [-0.15, -0.1) is 68.0 Å². The molecule has 0 radical (unpaired) electrons. The van der Waals surface area contributed by atoms with Gasteiger partial charge in [-0.1, -0.05) is 0 Å². The topological polar surface area (TPSA) is 0 Å². The van der Waals surface area contributed by atoms with Gasteiger partial charge >= 0.3 is 0 Å². The molecule has 0 amide bonds. The molecule has 0 bridgehead atoms. The second-order valence-corrected chi connectivity index (χ2v) is 17.2. The zero-order chi connectivity index (χ0) is 30.8. The first-order valence-electron chi connectivity index (χ1n) is 14.0. The van der Waals surface area contributed by atoms with Crippen molar-refractivity contribution >= 4 is 130 Å². The van der Waals surface area contributed by atoms with Crippen molar-refractivity contribution in [1.29, 1.82) is 0 Å². The van der Waals surface area contributed by atoms with Crippen LogP contribution in [-0.2, 0) is 0 Å².